The van der Waals surface area contributed by atoms with Gasteiger partial charge in [-0.1, -0.05) is 6.08 Å². The molecule has 0 heterocycles. The second-order valence-electron chi connectivity index (χ2n) is 4.09. The normalized spacial score (nSPS) is 28.2. The second kappa shape index (κ2) is 4.96. The van der Waals surface area contributed by atoms with Crippen LogP contribution >= 0.6 is 0 Å². The van der Waals surface area contributed by atoms with Crippen molar-refractivity contribution in [3.05, 3.63) is 12.7 Å². The van der Waals surface area contributed by atoms with Crippen LogP contribution in [-0.2, 0) is 4.79 Å². The lowest BCUT2D eigenvalue weighted by molar-refractivity contribution is -0.126. The molecule has 84 valence electrons. The van der Waals surface area contributed by atoms with Crippen LogP contribution in [-0.4, -0.2) is 23.0 Å². The number of hydrogen-bond donors (Lipinski definition) is 2. The van der Waals surface area contributed by atoms with E-state index in [9.17, 15) is 9.59 Å². The maximum absolute atomic E-state index is 11.7. The van der Waals surface area contributed by atoms with E-state index in [1.807, 2.05) is 6.08 Å². The average Bonchev–Trinajstić information content (AvgIpc) is 2.16. The predicted octanol–water partition coefficient (Wildman–Crippen LogP) is 1.81. The first-order valence-corrected chi connectivity index (χ1v) is 5.19. The van der Waals surface area contributed by atoms with Crippen LogP contribution in [0.15, 0.2) is 12.7 Å². The molecule has 0 aliphatic heterocycles. The van der Waals surface area contributed by atoms with E-state index in [1.165, 1.54) is 0 Å². The maximum atomic E-state index is 11.7. The lowest BCUT2D eigenvalue weighted by Gasteiger charge is -2.29. The number of amides is 1. The Morgan fingerprint density at radius 3 is 2.80 bits per heavy atom. The van der Waals surface area contributed by atoms with E-state index in [-0.39, 0.29) is 23.7 Å². The van der Waals surface area contributed by atoms with Gasteiger partial charge in [-0.25, -0.2) is 4.79 Å². The Balaban J connectivity index is 2.53. The van der Waals surface area contributed by atoms with Crippen molar-refractivity contribution in [2.24, 2.45) is 11.8 Å². The zero-order valence-corrected chi connectivity index (χ0v) is 8.90. The largest absolute Gasteiger partial charge is 0.465 e. The van der Waals surface area contributed by atoms with Gasteiger partial charge in [-0.2, -0.15) is 0 Å². The van der Waals surface area contributed by atoms with Crippen molar-refractivity contribution in [1.82, 2.24) is 5.32 Å². The van der Waals surface area contributed by atoms with E-state index in [0.717, 1.165) is 12.8 Å². The number of ketones is 1. The Bertz CT molecular complexity index is 275. The van der Waals surface area contributed by atoms with Crippen molar-refractivity contribution in [2.75, 3.05) is 0 Å². The molecule has 0 radical (unpaired) electrons. The molecular formula is C11H17NO3. The highest BCUT2D eigenvalue weighted by Gasteiger charge is 2.31. The van der Waals surface area contributed by atoms with Crippen molar-refractivity contribution < 1.29 is 14.7 Å². The number of hydrogen-bond acceptors (Lipinski definition) is 2. The molecule has 0 spiro atoms. The minimum absolute atomic E-state index is 0.146. The van der Waals surface area contributed by atoms with Crippen LogP contribution < -0.4 is 5.32 Å². The van der Waals surface area contributed by atoms with Crippen LogP contribution in [0.4, 0.5) is 4.79 Å². The minimum Gasteiger partial charge on any atom is -0.465 e. The molecule has 1 amide bonds. The number of carbonyl (C=O) groups excluding carboxylic acids is 1. The van der Waals surface area contributed by atoms with Crippen LogP contribution in [0.3, 0.4) is 0 Å². The number of allylic oxidation sites excluding steroid dienone is 1. The lowest BCUT2D eigenvalue weighted by atomic mass is 9.78. The summed E-state index contributed by atoms with van der Waals surface area (Å²) in [6.45, 7) is 5.42. The summed E-state index contributed by atoms with van der Waals surface area (Å²) >= 11 is 0. The number of carbonyl (C=O) groups is 2. The van der Waals surface area contributed by atoms with E-state index in [0.29, 0.717) is 6.42 Å². The summed E-state index contributed by atoms with van der Waals surface area (Å²) in [7, 11) is 0. The quantitative estimate of drug-likeness (QED) is 0.700. The molecular weight excluding hydrogens is 194 g/mol. The Morgan fingerprint density at radius 1 is 1.67 bits per heavy atom. The molecule has 0 aromatic rings. The molecule has 4 nitrogen and oxygen atoms in total. The molecule has 3 atom stereocenters. The van der Waals surface area contributed by atoms with Gasteiger partial charge in [-0.15, -0.1) is 6.58 Å². The molecule has 0 bridgehead atoms. The number of rotatable bonds is 3. The van der Waals surface area contributed by atoms with Gasteiger partial charge in [0.25, 0.3) is 0 Å². The summed E-state index contributed by atoms with van der Waals surface area (Å²) in [6, 6.07) is -0.291. The number of carboxylic acid groups (broad SMARTS) is 1. The molecule has 1 rings (SSSR count). The second-order valence-corrected chi connectivity index (χ2v) is 4.09. The fourth-order valence-corrected chi connectivity index (χ4v) is 2.09. The Morgan fingerprint density at radius 2 is 2.33 bits per heavy atom. The first kappa shape index (κ1) is 11.8. The van der Waals surface area contributed by atoms with Gasteiger partial charge in [0.1, 0.15) is 5.78 Å². The van der Waals surface area contributed by atoms with E-state index in [2.05, 4.69) is 11.9 Å². The molecule has 0 saturated heterocycles. The third-order valence-corrected chi connectivity index (χ3v) is 3.01. The van der Waals surface area contributed by atoms with Crippen LogP contribution in [0, 0.1) is 11.8 Å². The standard InChI is InChI=1S/C11H17NO3/c1-3-8-4-5-9(10(13)6-8)7(2)12-11(14)15/h3,7-9,12H,1,4-6H2,2H3,(H,14,15)/t7?,8-,9?/m1/s1. The van der Waals surface area contributed by atoms with Gasteiger partial charge in [0.15, 0.2) is 0 Å². The molecule has 0 aromatic carbocycles. The minimum atomic E-state index is -1.07. The van der Waals surface area contributed by atoms with E-state index >= 15 is 0 Å². The highest BCUT2D eigenvalue weighted by molar-refractivity contribution is 5.83. The molecule has 15 heavy (non-hydrogen) atoms. The lowest BCUT2D eigenvalue weighted by Crippen LogP contribution is -2.42. The highest BCUT2D eigenvalue weighted by atomic mass is 16.4. The molecule has 2 N–H and O–H groups in total. The summed E-state index contributed by atoms with van der Waals surface area (Å²) in [5, 5.41) is 10.9. The topological polar surface area (TPSA) is 66.4 Å². The Hall–Kier alpha value is -1.32. The zero-order chi connectivity index (χ0) is 11.4. The van der Waals surface area contributed by atoms with Gasteiger partial charge in [-0.3, -0.25) is 4.79 Å². The van der Waals surface area contributed by atoms with Gasteiger partial charge in [0.05, 0.1) is 0 Å². The van der Waals surface area contributed by atoms with Crippen LogP contribution in [0.5, 0.6) is 0 Å². The van der Waals surface area contributed by atoms with Crippen molar-refractivity contribution in [1.29, 1.82) is 0 Å². The smallest absolute Gasteiger partial charge is 0.404 e. The van der Waals surface area contributed by atoms with Gasteiger partial charge in [0.2, 0.25) is 0 Å². The van der Waals surface area contributed by atoms with Gasteiger partial charge in [-0.05, 0) is 25.7 Å². The van der Waals surface area contributed by atoms with E-state index in [4.69, 9.17) is 5.11 Å². The van der Waals surface area contributed by atoms with E-state index < -0.39 is 6.09 Å². The summed E-state index contributed by atoms with van der Waals surface area (Å²) < 4.78 is 0. The van der Waals surface area contributed by atoms with Crippen LogP contribution in [0.2, 0.25) is 0 Å². The molecule has 1 saturated carbocycles. The predicted molar refractivity (Wildman–Crippen MR) is 56.7 cm³/mol. The summed E-state index contributed by atoms with van der Waals surface area (Å²) in [5.41, 5.74) is 0. The molecule has 2 unspecified atom stereocenters. The summed E-state index contributed by atoms with van der Waals surface area (Å²) in [4.78, 5) is 22.1. The van der Waals surface area contributed by atoms with E-state index in [1.54, 1.807) is 6.92 Å². The zero-order valence-electron chi connectivity index (χ0n) is 8.90. The van der Waals surface area contributed by atoms with Gasteiger partial charge >= 0.3 is 6.09 Å². The molecule has 1 aliphatic carbocycles. The highest BCUT2D eigenvalue weighted by Crippen LogP contribution is 2.28. The summed E-state index contributed by atoms with van der Waals surface area (Å²) in [6.07, 6.45) is 2.91. The average molecular weight is 211 g/mol. The molecule has 1 aliphatic rings. The van der Waals surface area contributed by atoms with Gasteiger partial charge in [0, 0.05) is 18.4 Å². The maximum Gasteiger partial charge on any atom is 0.404 e. The number of nitrogens with one attached hydrogen (secondary N) is 1. The van der Waals surface area contributed by atoms with Crippen molar-refractivity contribution in [3.63, 3.8) is 0 Å². The fourth-order valence-electron chi connectivity index (χ4n) is 2.09. The molecule has 4 heteroatoms. The fraction of sp³-hybridized carbons (Fsp3) is 0.636. The van der Waals surface area contributed by atoms with Crippen molar-refractivity contribution in [2.45, 2.75) is 32.2 Å². The van der Waals surface area contributed by atoms with Crippen molar-refractivity contribution in [3.8, 4) is 0 Å². The monoisotopic (exact) mass is 211 g/mol. The van der Waals surface area contributed by atoms with Crippen LogP contribution in [0.25, 0.3) is 0 Å². The third-order valence-electron chi connectivity index (χ3n) is 3.01. The third kappa shape index (κ3) is 3.08. The molecule has 1 fully saturated rings. The summed E-state index contributed by atoms with van der Waals surface area (Å²) in [5.74, 6) is 0.246. The Labute approximate surface area is 89.4 Å². The number of Topliss-reactive ketones (excluding diaryl/α,β-unsaturated/α-hetero) is 1. The first-order valence-electron chi connectivity index (χ1n) is 5.19. The Kier molecular flexibility index (Phi) is 3.88. The SMILES string of the molecule is C=C[C@@H]1CCC(C(C)NC(=O)O)C(=O)C1. The molecule has 0 aromatic heterocycles. The van der Waals surface area contributed by atoms with Crippen LogP contribution in [0.1, 0.15) is 26.2 Å². The van der Waals surface area contributed by atoms with Gasteiger partial charge < -0.3 is 10.4 Å². The first-order chi connectivity index (χ1) is 7.04. The van der Waals surface area contributed by atoms with Crippen molar-refractivity contribution >= 4 is 11.9 Å².